The number of rotatable bonds is 3. The molecule has 0 bridgehead atoms. The molecular weight excluding hydrogens is 214 g/mol. The summed E-state index contributed by atoms with van der Waals surface area (Å²) < 4.78 is 25.4. The minimum atomic E-state index is -0.996. The summed E-state index contributed by atoms with van der Waals surface area (Å²) in [6.07, 6.45) is 0.103. The molecule has 1 aromatic rings. The Bertz CT molecular complexity index is 399. The van der Waals surface area contributed by atoms with E-state index in [1.54, 1.807) is 13.8 Å². The van der Waals surface area contributed by atoms with Crippen molar-refractivity contribution in [1.29, 1.82) is 0 Å². The number of nitrogens with one attached hydrogen (secondary N) is 1. The number of benzene rings is 1. The van der Waals surface area contributed by atoms with Crippen molar-refractivity contribution in [2.75, 3.05) is 5.32 Å². The lowest BCUT2D eigenvalue weighted by molar-refractivity contribution is -0.117. The Balaban J connectivity index is 2.67. The third-order valence-electron chi connectivity index (χ3n) is 1.82. The van der Waals surface area contributed by atoms with Crippen LogP contribution in [0.25, 0.3) is 0 Å². The summed E-state index contributed by atoms with van der Waals surface area (Å²) in [5.74, 6) is -2.28. The van der Waals surface area contributed by atoms with Crippen LogP contribution >= 0.6 is 0 Å². The molecule has 0 saturated heterocycles. The third kappa shape index (κ3) is 3.94. The minimum absolute atomic E-state index is 0.103. The number of carbonyl (C=O) groups is 1. The molecule has 0 radical (unpaired) electrons. The lowest BCUT2D eigenvalue weighted by Crippen LogP contribution is -2.36. The van der Waals surface area contributed by atoms with E-state index >= 15 is 0 Å². The summed E-state index contributed by atoms with van der Waals surface area (Å²) in [5, 5.41) is 2.44. The number of carbonyl (C=O) groups excluding carboxylic acids is 1. The zero-order valence-electron chi connectivity index (χ0n) is 9.18. The second-order valence-electron chi connectivity index (χ2n) is 4.34. The molecule has 0 heterocycles. The van der Waals surface area contributed by atoms with Crippen LogP contribution in [0.4, 0.5) is 14.5 Å². The highest BCUT2D eigenvalue weighted by atomic mass is 19.2. The van der Waals surface area contributed by atoms with Gasteiger partial charge >= 0.3 is 0 Å². The summed E-state index contributed by atoms with van der Waals surface area (Å²) in [7, 11) is 0. The summed E-state index contributed by atoms with van der Waals surface area (Å²) in [6.45, 7) is 3.41. The van der Waals surface area contributed by atoms with Crippen LogP contribution in [0.5, 0.6) is 0 Å². The van der Waals surface area contributed by atoms with Crippen molar-refractivity contribution in [3.8, 4) is 0 Å². The second kappa shape index (κ2) is 4.57. The van der Waals surface area contributed by atoms with Gasteiger partial charge in [0.2, 0.25) is 5.91 Å². The maximum atomic E-state index is 12.8. The molecule has 5 heteroatoms. The van der Waals surface area contributed by atoms with E-state index in [0.717, 1.165) is 12.1 Å². The maximum Gasteiger partial charge on any atom is 0.226 e. The average molecular weight is 228 g/mol. The molecule has 0 atom stereocenters. The Morgan fingerprint density at radius 1 is 1.38 bits per heavy atom. The number of hydrogen-bond acceptors (Lipinski definition) is 2. The van der Waals surface area contributed by atoms with Crippen LogP contribution in [-0.2, 0) is 4.79 Å². The number of hydrogen-bond donors (Lipinski definition) is 2. The van der Waals surface area contributed by atoms with E-state index in [1.165, 1.54) is 6.07 Å². The van der Waals surface area contributed by atoms with Gasteiger partial charge in [-0.2, -0.15) is 0 Å². The Morgan fingerprint density at radius 2 is 2.00 bits per heavy atom. The normalized spacial score (nSPS) is 11.3. The van der Waals surface area contributed by atoms with Gasteiger partial charge in [-0.25, -0.2) is 8.78 Å². The van der Waals surface area contributed by atoms with Gasteiger partial charge in [0.1, 0.15) is 0 Å². The lowest BCUT2D eigenvalue weighted by atomic mass is 10.0. The van der Waals surface area contributed by atoms with Crippen LogP contribution < -0.4 is 11.1 Å². The summed E-state index contributed by atoms with van der Waals surface area (Å²) in [4.78, 5) is 11.4. The standard InChI is InChI=1S/C11H14F2N2O/c1-11(2,14)6-10(16)15-7-3-4-8(12)9(13)5-7/h3-5H,6,14H2,1-2H3,(H,15,16). The number of anilines is 1. The lowest BCUT2D eigenvalue weighted by Gasteiger charge is -2.17. The highest BCUT2D eigenvalue weighted by Crippen LogP contribution is 2.14. The van der Waals surface area contributed by atoms with Gasteiger partial charge in [0.15, 0.2) is 11.6 Å². The molecule has 0 unspecified atom stereocenters. The average Bonchev–Trinajstić information content (AvgIpc) is 2.08. The molecule has 0 aliphatic heterocycles. The number of halogens is 2. The first kappa shape index (κ1) is 12.6. The quantitative estimate of drug-likeness (QED) is 0.831. The predicted octanol–water partition coefficient (Wildman–Crippen LogP) is 2.03. The first-order valence-electron chi connectivity index (χ1n) is 4.82. The van der Waals surface area contributed by atoms with Crippen LogP contribution in [0.15, 0.2) is 18.2 Å². The van der Waals surface area contributed by atoms with Crippen molar-refractivity contribution >= 4 is 11.6 Å². The van der Waals surface area contributed by atoms with Gasteiger partial charge in [0.05, 0.1) is 0 Å². The molecule has 0 spiro atoms. The molecule has 0 fully saturated rings. The first-order chi connectivity index (χ1) is 7.28. The molecule has 0 aliphatic carbocycles. The van der Waals surface area contributed by atoms with E-state index in [1.807, 2.05) is 0 Å². The van der Waals surface area contributed by atoms with Gasteiger partial charge in [-0.1, -0.05) is 0 Å². The molecular formula is C11H14F2N2O. The van der Waals surface area contributed by atoms with Gasteiger partial charge < -0.3 is 11.1 Å². The summed E-state index contributed by atoms with van der Waals surface area (Å²) >= 11 is 0. The second-order valence-corrected chi connectivity index (χ2v) is 4.34. The molecule has 3 nitrogen and oxygen atoms in total. The molecule has 0 aliphatic rings. The van der Waals surface area contributed by atoms with Gasteiger partial charge in [-0.15, -0.1) is 0 Å². The number of nitrogens with two attached hydrogens (primary N) is 1. The van der Waals surface area contributed by atoms with Crippen LogP contribution in [0.1, 0.15) is 20.3 Å². The van der Waals surface area contributed by atoms with E-state index in [-0.39, 0.29) is 18.0 Å². The monoisotopic (exact) mass is 228 g/mol. The number of amides is 1. The zero-order valence-corrected chi connectivity index (χ0v) is 9.18. The van der Waals surface area contributed by atoms with Crippen molar-refractivity contribution in [2.24, 2.45) is 5.73 Å². The molecule has 1 aromatic carbocycles. The van der Waals surface area contributed by atoms with E-state index < -0.39 is 17.2 Å². The molecule has 0 aromatic heterocycles. The van der Waals surface area contributed by atoms with Gasteiger partial charge in [0, 0.05) is 23.7 Å². The molecule has 88 valence electrons. The van der Waals surface area contributed by atoms with E-state index in [9.17, 15) is 13.6 Å². The van der Waals surface area contributed by atoms with Crippen LogP contribution in [0.3, 0.4) is 0 Å². The Morgan fingerprint density at radius 3 is 2.50 bits per heavy atom. The molecule has 0 saturated carbocycles. The van der Waals surface area contributed by atoms with Crippen molar-refractivity contribution in [3.63, 3.8) is 0 Å². The molecule has 16 heavy (non-hydrogen) atoms. The van der Waals surface area contributed by atoms with Crippen molar-refractivity contribution in [2.45, 2.75) is 25.8 Å². The smallest absolute Gasteiger partial charge is 0.226 e. The van der Waals surface area contributed by atoms with Crippen LogP contribution in [0.2, 0.25) is 0 Å². The Hall–Kier alpha value is -1.49. The minimum Gasteiger partial charge on any atom is -0.326 e. The fourth-order valence-electron chi connectivity index (χ4n) is 1.19. The van der Waals surface area contributed by atoms with E-state index in [0.29, 0.717) is 0 Å². The fraction of sp³-hybridized carbons (Fsp3) is 0.364. The van der Waals surface area contributed by atoms with Gasteiger partial charge in [-0.05, 0) is 26.0 Å². The van der Waals surface area contributed by atoms with Gasteiger partial charge in [-0.3, -0.25) is 4.79 Å². The van der Waals surface area contributed by atoms with Crippen molar-refractivity contribution in [3.05, 3.63) is 29.8 Å². The van der Waals surface area contributed by atoms with Crippen molar-refractivity contribution in [1.82, 2.24) is 0 Å². The third-order valence-corrected chi connectivity index (χ3v) is 1.82. The van der Waals surface area contributed by atoms with E-state index in [4.69, 9.17) is 5.73 Å². The summed E-state index contributed by atoms with van der Waals surface area (Å²) in [5.41, 5.74) is 5.23. The van der Waals surface area contributed by atoms with Gasteiger partial charge in [0.25, 0.3) is 0 Å². The molecule has 3 N–H and O–H groups in total. The Labute approximate surface area is 92.6 Å². The van der Waals surface area contributed by atoms with E-state index in [2.05, 4.69) is 5.32 Å². The van der Waals surface area contributed by atoms with Crippen LogP contribution in [-0.4, -0.2) is 11.4 Å². The topological polar surface area (TPSA) is 55.1 Å². The molecule has 1 rings (SSSR count). The first-order valence-corrected chi connectivity index (χ1v) is 4.82. The summed E-state index contributed by atoms with van der Waals surface area (Å²) in [6, 6.07) is 3.18. The fourth-order valence-corrected chi connectivity index (χ4v) is 1.19. The highest BCUT2D eigenvalue weighted by molar-refractivity contribution is 5.91. The largest absolute Gasteiger partial charge is 0.326 e. The predicted molar refractivity (Wildman–Crippen MR) is 57.9 cm³/mol. The molecule has 1 amide bonds. The maximum absolute atomic E-state index is 12.8. The zero-order chi connectivity index (χ0) is 12.3. The SMILES string of the molecule is CC(C)(N)CC(=O)Nc1ccc(F)c(F)c1. The van der Waals surface area contributed by atoms with Crippen molar-refractivity contribution < 1.29 is 13.6 Å². The Kier molecular flexibility index (Phi) is 3.59. The van der Waals surface area contributed by atoms with Crippen LogP contribution in [0, 0.1) is 11.6 Å². The highest BCUT2D eigenvalue weighted by Gasteiger charge is 2.16.